The first kappa shape index (κ1) is 28.7. The van der Waals surface area contributed by atoms with E-state index in [0.717, 1.165) is 50.4 Å². The average molecular weight is 606 g/mol. The maximum absolute atomic E-state index is 13.8. The third-order valence-electron chi connectivity index (χ3n) is 7.90. The van der Waals surface area contributed by atoms with Gasteiger partial charge in [-0.1, -0.05) is 68.7 Å². The summed E-state index contributed by atoms with van der Waals surface area (Å²) in [7, 11) is 0. The van der Waals surface area contributed by atoms with Gasteiger partial charge < -0.3 is 14.4 Å². The summed E-state index contributed by atoms with van der Waals surface area (Å²) >= 11 is 6.84. The number of hydrogen-bond donors (Lipinski definition) is 0. The smallest absolute Gasteiger partial charge is 0.267 e. The number of unbranched alkanes of at least 4 members (excludes halogenated alkanes) is 4. The van der Waals surface area contributed by atoms with E-state index in [1.54, 1.807) is 21.6 Å². The number of pyridine rings is 1. The van der Waals surface area contributed by atoms with E-state index in [1.165, 1.54) is 30.2 Å². The van der Waals surface area contributed by atoms with Crippen molar-refractivity contribution in [3.8, 4) is 11.5 Å². The van der Waals surface area contributed by atoms with Crippen LogP contribution in [0.4, 0.5) is 5.82 Å². The second kappa shape index (κ2) is 12.8. The number of thioether (sulfide) groups is 1. The number of amides is 1. The Morgan fingerprint density at radius 2 is 1.81 bits per heavy atom. The third-order valence-corrected chi connectivity index (χ3v) is 9.28. The molecule has 0 N–H and O–H groups in total. The number of carbonyl (C=O) groups excluding carboxylic acids is 1. The summed E-state index contributed by atoms with van der Waals surface area (Å²) in [5.41, 5.74) is 1.98. The molecule has 3 aliphatic rings. The van der Waals surface area contributed by atoms with E-state index in [0.29, 0.717) is 45.9 Å². The Labute approximate surface area is 255 Å². The Bertz CT molecular complexity index is 1580. The number of anilines is 1. The van der Waals surface area contributed by atoms with Gasteiger partial charge in [0.1, 0.15) is 15.8 Å². The van der Waals surface area contributed by atoms with Crippen molar-refractivity contribution in [2.45, 2.75) is 45.6 Å². The van der Waals surface area contributed by atoms with Gasteiger partial charge in [0.15, 0.2) is 11.5 Å². The van der Waals surface area contributed by atoms with Crippen LogP contribution in [0.2, 0.25) is 0 Å². The van der Waals surface area contributed by atoms with Crippen LogP contribution in [-0.2, 0) is 11.3 Å². The number of ether oxygens (including phenoxy) is 2. The first-order chi connectivity index (χ1) is 20.5. The van der Waals surface area contributed by atoms with Crippen molar-refractivity contribution in [1.82, 2.24) is 19.2 Å². The molecule has 2 saturated heterocycles. The van der Waals surface area contributed by atoms with Crippen molar-refractivity contribution in [1.29, 1.82) is 0 Å². The van der Waals surface area contributed by atoms with E-state index in [-0.39, 0.29) is 18.3 Å². The maximum Gasteiger partial charge on any atom is 0.267 e. The first-order valence-electron chi connectivity index (χ1n) is 14.6. The molecule has 220 valence electrons. The van der Waals surface area contributed by atoms with Gasteiger partial charge in [-0.05, 0) is 42.3 Å². The van der Waals surface area contributed by atoms with Crippen molar-refractivity contribution < 1.29 is 14.3 Å². The van der Waals surface area contributed by atoms with Crippen molar-refractivity contribution >= 4 is 51.7 Å². The monoisotopic (exact) mass is 605 g/mol. The lowest BCUT2D eigenvalue weighted by molar-refractivity contribution is -0.122. The van der Waals surface area contributed by atoms with Crippen LogP contribution in [0.1, 0.15) is 50.2 Å². The summed E-state index contributed by atoms with van der Waals surface area (Å²) < 4.78 is 13.1. The zero-order valence-corrected chi connectivity index (χ0v) is 25.4. The highest BCUT2D eigenvalue weighted by atomic mass is 32.2. The topological polar surface area (TPSA) is 79.6 Å². The highest BCUT2D eigenvalue weighted by molar-refractivity contribution is 8.26. The quantitative estimate of drug-likeness (QED) is 0.182. The molecule has 0 bridgehead atoms. The Morgan fingerprint density at radius 1 is 1.00 bits per heavy atom. The molecule has 9 nitrogen and oxygen atoms in total. The van der Waals surface area contributed by atoms with Gasteiger partial charge in [-0.2, -0.15) is 0 Å². The van der Waals surface area contributed by atoms with Gasteiger partial charge in [0.25, 0.3) is 11.5 Å². The van der Waals surface area contributed by atoms with E-state index < -0.39 is 0 Å². The number of thiocarbonyl (C=S) groups is 1. The van der Waals surface area contributed by atoms with E-state index >= 15 is 0 Å². The maximum atomic E-state index is 13.8. The van der Waals surface area contributed by atoms with Gasteiger partial charge in [-0.3, -0.25) is 23.8 Å². The Balaban J connectivity index is 1.21. The van der Waals surface area contributed by atoms with Crippen molar-refractivity contribution in [2.75, 3.05) is 44.4 Å². The summed E-state index contributed by atoms with van der Waals surface area (Å²) in [6, 6.07) is 11.6. The van der Waals surface area contributed by atoms with Crippen LogP contribution >= 0.6 is 24.0 Å². The van der Waals surface area contributed by atoms with Crippen LogP contribution < -0.4 is 19.9 Å². The van der Waals surface area contributed by atoms with E-state index in [2.05, 4.69) is 22.8 Å². The standard InChI is InChI=1S/C31H35N5O4S2/c1-2-3-4-5-7-13-36-30(38)26(42-31(36)41)19-23-28(32-27-9-6-8-12-35(27)29(23)37)34-16-14-33(15-17-34)20-22-10-11-24-25(18-22)40-21-39-24/h6,8-12,18-19H,2-5,7,13-17,20-21H2,1H3. The van der Waals surface area contributed by atoms with Gasteiger partial charge in [-0.25, -0.2) is 4.98 Å². The van der Waals surface area contributed by atoms with E-state index in [4.69, 9.17) is 26.7 Å². The fraction of sp³-hybridized carbons (Fsp3) is 0.419. The van der Waals surface area contributed by atoms with Crippen LogP contribution in [0.15, 0.2) is 52.3 Å². The molecule has 1 amide bonds. The number of nitrogens with zero attached hydrogens (tertiary/aromatic N) is 5. The molecule has 0 radical (unpaired) electrons. The Morgan fingerprint density at radius 3 is 2.64 bits per heavy atom. The number of carbonyl (C=O) groups is 1. The van der Waals surface area contributed by atoms with E-state index in [9.17, 15) is 9.59 Å². The predicted molar refractivity (Wildman–Crippen MR) is 170 cm³/mol. The molecule has 5 heterocycles. The summed E-state index contributed by atoms with van der Waals surface area (Å²) in [6.45, 7) is 6.89. The molecule has 11 heteroatoms. The summed E-state index contributed by atoms with van der Waals surface area (Å²) in [5.74, 6) is 2.06. The highest BCUT2D eigenvalue weighted by Crippen LogP contribution is 2.35. The number of hydrogen-bond acceptors (Lipinski definition) is 9. The van der Waals surface area contributed by atoms with Gasteiger partial charge in [0.05, 0.1) is 10.5 Å². The normalized spacial score (nSPS) is 18.2. The molecule has 0 aliphatic carbocycles. The number of piperazine rings is 1. The van der Waals surface area contributed by atoms with Crippen LogP contribution in [0.5, 0.6) is 11.5 Å². The van der Waals surface area contributed by atoms with Crippen LogP contribution in [0.3, 0.4) is 0 Å². The molecule has 0 unspecified atom stereocenters. The molecule has 0 atom stereocenters. The lowest BCUT2D eigenvalue weighted by atomic mass is 10.1. The number of benzene rings is 1. The molecule has 2 fully saturated rings. The number of rotatable bonds is 10. The van der Waals surface area contributed by atoms with Crippen LogP contribution in [0.25, 0.3) is 11.7 Å². The first-order valence-corrected chi connectivity index (χ1v) is 15.9. The molecule has 1 aromatic carbocycles. The summed E-state index contributed by atoms with van der Waals surface area (Å²) in [5, 5.41) is 0. The van der Waals surface area contributed by atoms with Crippen molar-refractivity contribution in [3.05, 3.63) is 69.0 Å². The summed E-state index contributed by atoms with van der Waals surface area (Å²) in [4.78, 5) is 38.8. The SMILES string of the molecule is CCCCCCCN1C(=O)C(=Cc2c(N3CCN(Cc4ccc5c(c4)OCO5)CC3)nc3ccccn3c2=O)SC1=S. The molecular formula is C31H35N5O4S2. The highest BCUT2D eigenvalue weighted by Gasteiger charge is 2.33. The second-order valence-corrected chi connectivity index (χ2v) is 12.5. The molecule has 3 aliphatic heterocycles. The molecule has 0 spiro atoms. The fourth-order valence-electron chi connectivity index (χ4n) is 5.57. The minimum absolute atomic E-state index is 0.127. The summed E-state index contributed by atoms with van der Waals surface area (Å²) in [6.07, 6.45) is 8.96. The zero-order valence-electron chi connectivity index (χ0n) is 23.8. The van der Waals surface area contributed by atoms with Crippen LogP contribution in [-0.4, -0.2) is 68.9 Å². The minimum atomic E-state index is -0.191. The Hall–Kier alpha value is -3.41. The molecule has 0 saturated carbocycles. The largest absolute Gasteiger partial charge is 0.454 e. The van der Waals surface area contributed by atoms with Gasteiger partial charge in [0.2, 0.25) is 6.79 Å². The predicted octanol–water partition coefficient (Wildman–Crippen LogP) is 4.92. The Kier molecular flexibility index (Phi) is 8.78. The molecule has 3 aromatic rings. The zero-order chi connectivity index (χ0) is 29.1. The van der Waals surface area contributed by atoms with Gasteiger partial charge in [0, 0.05) is 45.5 Å². The fourth-order valence-corrected chi connectivity index (χ4v) is 6.86. The molecule has 6 rings (SSSR count). The number of fused-ring (bicyclic) bond motifs is 2. The van der Waals surface area contributed by atoms with Gasteiger partial charge in [-0.15, -0.1) is 0 Å². The molecule has 2 aromatic heterocycles. The molecule has 42 heavy (non-hydrogen) atoms. The van der Waals surface area contributed by atoms with Crippen molar-refractivity contribution in [2.24, 2.45) is 0 Å². The average Bonchev–Trinajstić information content (AvgIpc) is 3.58. The minimum Gasteiger partial charge on any atom is -0.454 e. The number of aromatic nitrogens is 2. The van der Waals surface area contributed by atoms with Crippen molar-refractivity contribution in [3.63, 3.8) is 0 Å². The third kappa shape index (κ3) is 6.04. The lowest BCUT2D eigenvalue weighted by Gasteiger charge is -2.36. The van der Waals surface area contributed by atoms with Crippen LogP contribution in [0, 0.1) is 0 Å². The van der Waals surface area contributed by atoms with Gasteiger partial charge >= 0.3 is 0 Å². The van der Waals surface area contributed by atoms with E-state index in [1.807, 2.05) is 30.3 Å². The molecular weight excluding hydrogens is 571 g/mol. The lowest BCUT2D eigenvalue weighted by Crippen LogP contribution is -2.47. The second-order valence-electron chi connectivity index (χ2n) is 10.8.